The highest BCUT2D eigenvalue weighted by atomic mass is 79.9. The average molecular weight is 433 g/mol. The normalized spacial score (nSPS) is 25.3. The number of benzene rings is 1. The molecule has 27 heavy (non-hydrogen) atoms. The van der Waals surface area contributed by atoms with E-state index in [1.54, 1.807) is 0 Å². The second kappa shape index (κ2) is 7.07. The first kappa shape index (κ1) is 18.2. The summed E-state index contributed by atoms with van der Waals surface area (Å²) in [7, 11) is 0. The van der Waals surface area contributed by atoms with Gasteiger partial charge in [0.15, 0.2) is 0 Å². The minimum absolute atomic E-state index is 0.00679. The number of halogens is 1. The van der Waals surface area contributed by atoms with E-state index in [0.717, 1.165) is 29.3 Å². The molecule has 1 aliphatic carbocycles. The van der Waals surface area contributed by atoms with Crippen molar-refractivity contribution in [2.45, 2.75) is 51.1 Å². The second-order valence-corrected chi connectivity index (χ2v) is 8.18. The molecular weight excluding hydrogens is 412 g/mol. The van der Waals surface area contributed by atoms with Gasteiger partial charge in [0.25, 0.3) is 5.91 Å². The van der Waals surface area contributed by atoms with Crippen LogP contribution in [-0.2, 0) is 11.3 Å². The first-order valence-corrected chi connectivity index (χ1v) is 10.0. The Kier molecular flexibility index (Phi) is 4.75. The van der Waals surface area contributed by atoms with Crippen LogP contribution in [-0.4, -0.2) is 32.6 Å². The van der Waals surface area contributed by atoms with Crippen molar-refractivity contribution >= 4 is 27.9 Å². The zero-order chi connectivity index (χ0) is 19.0. The van der Waals surface area contributed by atoms with Gasteiger partial charge in [-0.3, -0.25) is 9.69 Å². The van der Waals surface area contributed by atoms with Gasteiger partial charge in [0, 0.05) is 10.0 Å². The lowest BCUT2D eigenvalue weighted by molar-refractivity contribution is -0.133. The van der Waals surface area contributed by atoms with Crippen LogP contribution < -0.4 is 5.32 Å². The maximum absolute atomic E-state index is 13.0. The molecule has 3 amide bonds. The van der Waals surface area contributed by atoms with Crippen LogP contribution in [0, 0.1) is 5.92 Å². The van der Waals surface area contributed by atoms with Crippen LogP contribution >= 0.6 is 15.9 Å². The number of aromatic nitrogens is 2. The largest absolute Gasteiger partial charge is 0.419 e. The molecule has 1 N–H and O–H groups in total. The summed E-state index contributed by atoms with van der Waals surface area (Å²) in [5.74, 6) is 1.07. The molecule has 2 aromatic rings. The smallest absolute Gasteiger partial charge is 0.325 e. The molecule has 1 saturated heterocycles. The Morgan fingerprint density at radius 3 is 2.59 bits per heavy atom. The standard InChI is InChI=1S/C19H21BrN4O3/c1-2-12-7-9-19(10-8-12)17(25)24(18(26)21-19)11-15-22-23-16(27-15)13-3-5-14(20)6-4-13/h3-6,12H,2,7-11H2,1H3,(H,21,26). The molecule has 8 heteroatoms. The van der Waals surface area contributed by atoms with Crippen molar-refractivity contribution in [3.63, 3.8) is 0 Å². The van der Waals surface area contributed by atoms with Gasteiger partial charge in [0.2, 0.25) is 11.8 Å². The molecule has 0 atom stereocenters. The van der Waals surface area contributed by atoms with Crippen molar-refractivity contribution in [3.05, 3.63) is 34.6 Å². The summed E-state index contributed by atoms with van der Waals surface area (Å²) in [6, 6.07) is 7.10. The minimum Gasteiger partial charge on any atom is -0.419 e. The van der Waals surface area contributed by atoms with Gasteiger partial charge < -0.3 is 9.73 Å². The summed E-state index contributed by atoms with van der Waals surface area (Å²) in [4.78, 5) is 26.6. The Bertz CT molecular complexity index is 856. The van der Waals surface area contributed by atoms with Crippen molar-refractivity contribution in [1.82, 2.24) is 20.4 Å². The highest BCUT2D eigenvalue weighted by Gasteiger charge is 2.52. The van der Waals surface area contributed by atoms with E-state index in [9.17, 15) is 9.59 Å². The van der Waals surface area contributed by atoms with Crippen LogP contribution in [0.5, 0.6) is 0 Å². The van der Waals surface area contributed by atoms with Gasteiger partial charge in [-0.1, -0.05) is 29.3 Å². The summed E-state index contributed by atoms with van der Waals surface area (Å²) < 4.78 is 6.62. The van der Waals surface area contributed by atoms with Crippen LogP contribution in [0.2, 0.25) is 0 Å². The number of carbonyl (C=O) groups is 2. The van der Waals surface area contributed by atoms with E-state index in [4.69, 9.17) is 4.42 Å². The summed E-state index contributed by atoms with van der Waals surface area (Å²) >= 11 is 3.38. The molecule has 0 bridgehead atoms. The molecular formula is C19H21BrN4O3. The van der Waals surface area contributed by atoms with Gasteiger partial charge >= 0.3 is 6.03 Å². The third kappa shape index (κ3) is 3.38. The molecule has 0 unspecified atom stereocenters. The maximum atomic E-state index is 13.0. The topological polar surface area (TPSA) is 88.3 Å². The Hall–Kier alpha value is -2.22. The Balaban J connectivity index is 1.48. The van der Waals surface area contributed by atoms with Gasteiger partial charge in [0.1, 0.15) is 12.1 Å². The lowest BCUT2D eigenvalue weighted by atomic mass is 9.75. The van der Waals surface area contributed by atoms with Gasteiger partial charge in [-0.2, -0.15) is 0 Å². The Labute approximate surface area is 165 Å². The van der Waals surface area contributed by atoms with E-state index in [0.29, 0.717) is 24.7 Å². The first-order chi connectivity index (χ1) is 13.0. The van der Waals surface area contributed by atoms with Gasteiger partial charge in [-0.05, 0) is 55.9 Å². The third-order valence-corrected chi connectivity index (χ3v) is 6.16. The summed E-state index contributed by atoms with van der Waals surface area (Å²) in [6.45, 7) is 2.16. The Morgan fingerprint density at radius 2 is 1.93 bits per heavy atom. The fourth-order valence-electron chi connectivity index (χ4n) is 3.90. The van der Waals surface area contributed by atoms with E-state index >= 15 is 0 Å². The highest BCUT2D eigenvalue weighted by Crippen LogP contribution is 2.38. The van der Waals surface area contributed by atoms with Crippen molar-refractivity contribution < 1.29 is 14.0 Å². The molecule has 1 aromatic heterocycles. The number of nitrogens with zero attached hydrogens (tertiary/aromatic N) is 3. The van der Waals surface area contributed by atoms with Gasteiger partial charge in [-0.15, -0.1) is 10.2 Å². The molecule has 1 spiro atoms. The number of hydrogen-bond donors (Lipinski definition) is 1. The van der Waals surface area contributed by atoms with E-state index < -0.39 is 5.54 Å². The highest BCUT2D eigenvalue weighted by molar-refractivity contribution is 9.10. The third-order valence-electron chi connectivity index (χ3n) is 5.63. The first-order valence-electron chi connectivity index (χ1n) is 9.23. The number of urea groups is 1. The number of rotatable bonds is 4. The second-order valence-electron chi connectivity index (χ2n) is 7.26. The van der Waals surface area contributed by atoms with Crippen LogP contribution in [0.25, 0.3) is 11.5 Å². The number of amides is 3. The molecule has 7 nitrogen and oxygen atoms in total. The summed E-state index contributed by atoms with van der Waals surface area (Å²) in [5.41, 5.74) is 0.0284. The number of nitrogens with one attached hydrogen (secondary N) is 1. The van der Waals surface area contributed by atoms with Crippen LogP contribution in [0.1, 0.15) is 44.9 Å². The number of carbonyl (C=O) groups excluding carboxylic acids is 2. The molecule has 1 saturated carbocycles. The van der Waals surface area contributed by atoms with Gasteiger partial charge in [0.05, 0.1) is 0 Å². The zero-order valence-electron chi connectivity index (χ0n) is 15.1. The number of imide groups is 1. The van der Waals surface area contributed by atoms with Crippen LogP contribution in [0.15, 0.2) is 33.2 Å². The van der Waals surface area contributed by atoms with Crippen LogP contribution in [0.3, 0.4) is 0 Å². The molecule has 1 aliphatic heterocycles. The maximum Gasteiger partial charge on any atom is 0.325 e. The Morgan fingerprint density at radius 1 is 1.22 bits per heavy atom. The van der Waals surface area contributed by atoms with E-state index in [-0.39, 0.29) is 24.4 Å². The minimum atomic E-state index is -0.753. The van der Waals surface area contributed by atoms with E-state index in [2.05, 4.69) is 38.4 Å². The SMILES string of the molecule is CCC1CCC2(CC1)NC(=O)N(Cc1nnc(-c3ccc(Br)cc3)o1)C2=O. The number of hydrogen-bond acceptors (Lipinski definition) is 5. The molecule has 2 fully saturated rings. The molecule has 2 heterocycles. The van der Waals surface area contributed by atoms with Crippen molar-refractivity contribution in [3.8, 4) is 11.5 Å². The average Bonchev–Trinajstić information content (AvgIpc) is 3.23. The molecule has 142 valence electrons. The lowest BCUT2D eigenvalue weighted by Crippen LogP contribution is -2.49. The predicted molar refractivity (Wildman–Crippen MR) is 101 cm³/mol. The van der Waals surface area contributed by atoms with Crippen molar-refractivity contribution in [1.29, 1.82) is 0 Å². The summed E-state index contributed by atoms with van der Waals surface area (Å²) in [5, 5.41) is 11.0. The summed E-state index contributed by atoms with van der Waals surface area (Å²) in [6.07, 6.45) is 4.43. The fourth-order valence-corrected chi connectivity index (χ4v) is 4.16. The van der Waals surface area contributed by atoms with Crippen molar-refractivity contribution in [2.75, 3.05) is 0 Å². The molecule has 0 radical (unpaired) electrons. The quantitative estimate of drug-likeness (QED) is 0.740. The predicted octanol–water partition coefficient (Wildman–Crippen LogP) is 3.89. The monoisotopic (exact) mass is 432 g/mol. The van der Waals surface area contributed by atoms with E-state index in [1.165, 1.54) is 4.90 Å². The lowest BCUT2D eigenvalue weighted by Gasteiger charge is -2.34. The van der Waals surface area contributed by atoms with Crippen molar-refractivity contribution in [2.24, 2.45) is 5.92 Å². The fraction of sp³-hybridized carbons (Fsp3) is 0.474. The molecule has 1 aromatic carbocycles. The van der Waals surface area contributed by atoms with Crippen LogP contribution in [0.4, 0.5) is 4.79 Å². The zero-order valence-corrected chi connectivity index (χ0v) is 16.7. The molecule has 2 aliphatic rings. The van der Waals surface area contributed by atoms with E-state index in [1.807, 2.05) is 24.3 Å². The van der Waals surface area contributed by atoms with Gasteiger partial charge in [-0.25, -0.2) is 4.79 Å². The molecule has 4 rings (SSSR count).